The summed E-state index contributed by atoms with van der Waals surface area (Å²) in [6, 6.07) is 4.50. The Labute approximate surface area is 104 Å². The van der Waals surface area contributed by atoms with Gasteiger partial charge in [0.15, 0.2) is 5.78 Å². The summed E-state index contributed by atoms with van der Waals surface area (Å²) in [6.45, 7) is 2.26. The maximum absolute atomic E-state index is 12.5. The Morgan fingerprint density at radius 1 is 1.39 bits per heavy atom. The van der Waals surface area contributed by atoms with Gasteiger partial charge in [-0.1, -0.05) is 25.5 Å². The van der Waals surface area contributed by atoms with E-state index in [2.05, 4.69) is 0 Å². The van der Waals surface area contributed by atoms with Crippen molar-refractivity contribution in [2.45, 2.75) is 25.9 Å². The molecule has 1 aromatic rings. The Hall–Kier alpha value is -1.36. The maximum Gasteiger partial charge on any atom is 0.416 e. The van der Waals surface area contributed by atoms with Crippen LogP contribution < -0.4 is 5.73 Å². The van der Waals surface area contributed by atoms with Crippen molar-refractivity contribution in [2.24, 2.45) is 11.7 Å². The van der Waals surface area contributed by atoms with Crippen molar-refractivity contribution in [1.29, 1.82) is 0 Å². The maximum atomic E-state index is 12.5. The lowest BCUT2D eigenvalue weighted by Crippen LogP contribution is -2.18. The fourth-order valence-corrected chi connectivity index (χ4v) is 1.64. The van der Waals surface area contributed by atoms with Crippen LogP contribution in [0.2, 0.25) is 0 Å². The molecule has 0 bridgehead atoms. The van der Waals surface area contributed by atoms with Crippen LogP contribution in [-0.2, 0) is 6.18 Å². The highest BCUT2D eigenvalue weighted by molar-refractivity contribution is 5.96. The third-order valence-electron chi connectivity index (χ3n) is 2.90. The fourth-order valence-electron chi connectivity index (χ4n) is 1.64. The molecule has 18 heavy (non-hydrogen) atoms. The van der Waals surface area contributed by atoms with Crippen molar-refractivity contribution < 1.29 is 18.0 Å². The molecule has 0 aromatic heterocycles. The van der Waals surface area contributed by atoms with Crippen molar-refractivity contribution in [3.8, 4) is 0 Å². The minimum Gasteiger partial charge on any atom is -0.330 e. The number of hydrogen-bond acceptors (Lipinski definition) is 2. The van der Waals surface area contributed by atoms with Crippen LogP contribution in [0.5, 0.6) is 0 Å². The van der Waals surface area contributed by atoms with E-state index in [1.54, 1.807) is 0 Å². The van der Waals surface area contributed by atoms with Gasteiger partial charge in [-0.25, -0.2) is 0 Å². The smallest absolute Gasteiger partial charge is 0.330 e. The number of nitrogens with two attached hydrogens (primary N) is 1. The topological polar surface area (TPSA) is 43.1 Å². The van der Waals surface area contributed by atoms with Gasteiger partial charge in [-0.2, -0.15) is 13.2 Å². The number of carbonyl (C=O) groups is 1. The van der Waals surface area contributed by atoms with Crippen LogP contribution in [0.1, 0.15) is 35.7 Å². The summed E-state index contributed by atoms with van der Waals surface area (Å²) in [4.78, 5) is 11.8. The molecule has 1 aromatic carbocycles. The first-order valence-corrected chi connectivity index (χ1v) is 5.79. The molecule has 5 heteroatoms. The van der Waals surface area contributed by atoms with Gasteiger partial charge in [0.2, 0.25) is 0 Å². The average Bonchev–Trinajstić information content (AvgIpc) is 2.34. The summed E-state index contributed by atoms with van der Waals surface area (Å²) < 4.78 is 37.5. The molecule has 0 amide bonds. The Kier molecular flexibility index (Phi) is 4.90. The Morgan fingerprint density at radius 2 is 2.06 bits per heavy atom. The molecule has 100 valence electrons. The number of Topliss-reactive ketones (excluding diaryl/α,β-unsaturated/α-hetero) is 1. The van der Waals surface area contributed by atoms with Gasteiger partial charge >= 0.3 is 6.18 Å². The molecule has 0 aliphatic heterocycles. The monoisotopic (exact) mass is 259 g/mol. The van der Waals surface area contributed by atoms with Crippen LogP contribution in [0.4, 0.5) is 13.2 Å². The molecule has 0 heterocycles. The molecule has 1 atom stereocenters. The molecular weight excluding hydrogens is 243 g/mol. The number of benzene rings is 1. The number of carbonyl (C=O) groups excluding carboxylic acids is 1. The van der Waals surface area contributed by atoms with Crippen molar-refractivity contribution in [3.63, 3.8) is 0 Å². The zero-order valence-corrected chi connectivity index (χ0v) is 10.1. The third-order valence-corrected chi connectivity index (χ3v) is 2.90. The van der Waals surface area contributed by atoms with Crippen molar-refractivity contribution >= 4 is 5.78 Å². The molecular formula is C13H16F3NO. The van der Waals surface area contributed by atoms with Gasteiger partial charge in [-0.05, 0) is 24.6 Å². The fraction of sp³-hybridized carbons (Fsp3) is 0.462. The van der Waals surface area contributed by atoms with Gasteiger partial charge < -0.3 is 5.73 Å². The van der Waals surface area contributed by atoms with E-state index < -0.39 is 11.7 Å². The number of ketones is 1. The predicted octanol–water partition coefficient (Wildman–Crippen LogP) is 3.26. The molecule has 0 saturated carbocycles. The third kappa shape index (κ3) is 3.84. The zero-order valence-electron chi connectivity index (χ0n) is 10.1. The molecule has 1 rings (SSSR count). The Balaban J connectivity index is 2.87. The van der Waals surface area contributed by atoms with Crippen LogP contribution in [0.3, 0.4) is 0 Å². The van der Waals surface area contributed by atoms with Crippen molar-refractivity contribution in [3.05, 3.63) is 35.4 Å². The van der Waals surface area contributed by atoms with E-state index in [0.29, 0.717) is 6.54 Å². The summed E-state index contributed by atoms with van der Waals surface area (Å²) in [5.74, 6) is -0.273. The first kappa shape index (κ1) is 14.7. The highest BCUT2D eigenvalue weighted by Gasteiger charge is 2.30. The lowest BCUT2D eigenvalue weighted by atomic mass is 9.95. The van der Waals surface area contributed by atoms with Gasteiger partial charge in [0.1, 0.15) is 0 Å². The second kappa shape index (κ2) is 6.00. The van der Waals surface area contributed by atoms with Crippen LogP contribution in [0.15, 0.2) is 24.3 Å². The van der Waals surface area contributed by atoms with Crippen LogP contribution >= 0.6 is 0 Å². The van der Waals surface area contributed by atoms with Crippen LogP contribution in [0, 0.1) is 5.92 Å². The minimum absolute atomic E-state index is 0.0204. The number of rotatable bonds is 5. The van der Waals surface area contributed by atoms with Crippen molar-refractivity contribution in [2.75, 3.05) is 6.54 Å². The summed E-state index contributed by atoms with van der Waals surface area (Å²) in [6.07, 6.45) is -3.50. The molecule has 0 spiro atoms. The molecule has 0 saturated heterocycles. The molecule has 2 N–H and O–H groups in total. The van der Waals surface area contributed by atoms with E-state index in [-0.39, 0.29) is 23.7 Å². The minimum atomic E-state index is -4.42. The second-order valence-corrected chi connectivity index (χ2v) is 4.22. The average molecular weight is 259 g/mol. The molecule has 0 aliphatic rings. The van der Waals surface area contributed by atoms with Gasteiger partial charge in [0, 0.05) is 12.0 Å². The summed E-state index contributed by atoms with van der Waals surface area (Å²) in [5, 5.41) is 0. The normalized spacial score (nSPS) is 13.4. The van der Waals surface area contributed by atoms with Crippen molar-refractivity contribution in [1.82, 2.24) is 0 Å². The standard InChI is InChI=1S/C13H16F3NO/c1-2-9(8-17)6-12(18)10-4-3-5-11(7-10)13(14,15)16/h3-5,7,9H,2,6,8,17H2,1H3. The summed E-state index contributed by atoms with van der Waals surface area (Å²) >= 11 is 0. The van der Waals surface area contributed by atoms with Crippen LogP contribution in [-0.4, -0.2) is 12.3 Å². The Bertz CT molecular complexity index is 411. The lowest BCUT2D eigenvalue weighted by Gasteiger charge is -2.12. The van der Waals surface area contributed by atoms with E-state index in [1.165, 1.54) is 12.1 Å². The zero-order chi connectivity index (χ0) is 13.8. The number of alkyl halides is 3. The Morgan fingerprint density at radius 3 is 2.56 bits per heavy atom. The van der Waals surface area contributed by atoms with E-state index >= 15 is 0 Å². The van der Waals surface area contributed by atoms with Gasteiger partial charge in [0.25, 0.3) is 0 Å². The quantitative estimate of drug-likeness (QED) is 0.825. The summed E-state index contributed by atoms with van der Waals surface area (Å²) in [7, 11) is 0. The van der Waals surface area contributed by atoms with Gasteiger partial charge in [0.05, 0.1) is 5.56 Å². The molecule has 0 radical (unpaired) electrons. The van der Waals surface area contributed by atoms with Gasteiger partial charge in [-0.15, -0.1) is 0 Å². The van der Waals surface area contributed by atoms with E-state index in [1.807, 2.05) is 6.92 Å². The molecule has 2 nitrogen and oxygen atoms in total. The predicted molar refractivity (Wildman–Crippen MR) is 63.2 cm³/mol. The number of halogens is 3. The first-order valence-electron chi connectivity index (χ1n) is 5.79. The van der Waals surface area contributed by atoms with E-state index in [0.717, 1.165) is 18.6 Å². The molecule has 0 aliphatic carbocycles. The lowest BCUT2D eigenvalue weighted by molar-refractivity contribution is -0.137. The summed E-state index contributed by atoms with van der Waals surface area (Å²) in [5.41, 5.74) is 4.77. The largest absolute Gasteiger partial charge is 0.416 e. The first-order chi connectivity index (χ1) is 8.38. The number of hydrogen-bond donors (Lipinski definition) is 1. The van der Waals surface area contributed by atoms with E-state index in [4.69, 9.17) is 5.73 Å². The highest BCUT2D eigenvalue weighted by Crippen LogP contribution is 2.29. The SMILES string of the molecule is CCC(CN)CC(=O)c1cccc(C(F)(F)F)c1. The van der Waals surface area contributed by atoms with Crippen LogP contribution in [0.25, 0.3) is 0 Å². The molecule has 0 fully saturated rings. The molecule has 1 unspecified atom stereocenters. The second-order valence-electron chi connectivity index (χ2n) is 4.22. The highest BCUT2D eigenvalue weighted by atomic mass is 19.4. The van der Waals surface area contributed by atoms with E-state index in [9.17, 15) is 18.0 Å². The van der Waals surface area contributed by atoms with Gasteiger partial charge in [-0.3, -0.25) is 4.79 Å².